The lowest BCUT2D eigenvalue weighted by molar-refractivity contribution is -0.142. The number of ether oxygens (including phenoxy) is 3. The van der Waals surface area contributed by atoms with E-state index in [1.807, 2.05) is 29.2 Å². The highest BCUT2D eigenvalue weighted by atomic mass is 16.5. The summed E-state index contributed by atoms with van der Waals surface area (Å²) >= 11 is 0. The fourth-order valence-electron chi connectivity index (χ4n) is 4.67. The number of methoxy groups -OCH3 is 3. The second-order valence-electron chi connectivity index (χ2n) is 8.07. The van der Waals surface area contributed by atoms with Gasteiger partial charge in [-0.3, -0.25) is 9.69 Å². The quantitative estimate of drug-likeness (QED) is 0.523. The summed E-state index contributed by atoms with van der Waals surface area (Å²) in [6.45, 7) is 0.680. The molecule has 0 aromatic heterocycles. The van der Waals surface area contributed by atoms with Crippen molar-refractivity contribution in [2.75, 3.05) is 27.9 Å². The molecule has 2 unspecified atom stereocenters. The number of carboxylic acids is 1. The summed E-state index contributed by atoms with van der Waals surface area (Å²) in [5.74, 6) is 0.955. The van der Waals surface area contributed by atoms with Crippen molar-refractivity contribution in [2.24, 2.45) is 0 Å². The maximum absolute atomic E-state index is 12.1. The van der Waals surface area contributed by atoms with Crippen LogP contribution in [0.3, 0.4) is 0 Å². The molecule has 0 bridgehead atoms. The van der Waals surface area contributed by atoms with Crippen molar-refractivity contribution >= 4 is 5.97 Å². The number of carbonyl (C=O) groups is 1. The van der Waals surface area contributed by atoms with Gasteiger partial charge < -0.3 is 19.3 Å². The van der Waals surface area contributed by atoms with Crippen LogP contribution in [0.15, 0.2) is 66.7 Å². The average molecular weight is 448 g/mol. The molecule has 0 aliphatic carbocycles. The molecule has 1 heterocycles. The molecule has 6 heteroatoms. The van der Waals surface area contributed by atoms with Gasteiger partial charge in [-0.05, 0) is 35.6 Å². The lowest BCUT2D eigenvalue weighted by Crippen LogP contribution is -2.39. The molecule has 4 rings (SSSR count). The molecule has 33 heavy (non-hydrogen) atoms. The summed E-state index contributed by atoms with van der Waals surface area (Å²) in [5.41, 5.74) is 4.08. The fraction of sp³-hybridized carbons (Fsp3) is 0.296. The summed E-state index contributed by atoms with van der Waals surface area (Å²) in [7, 11) is 4.78. The summed E-state index contributed by atoms with van der Waals surface area (Å²) in [4.78, 5) is 14.1. The molecule has 1 N–H and O–H groups in total. The first-order valence-electron chi connectivity index (χ1n) is 11.0. The van der Waals surface area contributed by atoms with Gasteiger partial charge in [-0.15, -0.1) is 0 Å². The van der Waals surface area contributed by atoms with E-state index in [0.29, 0.717) is 30.2 Å². The van der Waals surface area contributed by atoms with E-state index in [2.05, 4.69) is 36.4 Å². The van der Waals surface area contributed by atoms with Gasteiger partial charge >= 0.3 is 5.97 Å². The van der Waals surface area contributed by atoms with Gasteiger partial charge in [-0.1, -0.05) is 54.6 Å². The Balaban J connectivity index is 1.84. The van der Waals surface area contributed by atoms with Gasteiger partial charge in [0.05, 0.1) is 27.4 Å². The van der Waals surface area contributed by atoms with Gasteiger partial charge in [-0.2, -0.15) is 0 Å². The van der Waals surface area contributed by atoms with E-state index in [1.165, 1.54) is 0 Å². The van der Waals surface area contributed by atoms with Crippen molar-refractivity contribution in [1.82, 2.24) is 4.90 Å². The predicted octanol–water partition coefficient (Wildman–Crippen LogP) is 5.02. The number of benzene rings is 3. The molecule has 0 amide bonds. The van der Waals surface area contributed by atoms with Crippen molar-refractivity contribution < 1.29 is 24.1 Å². The van der Waals surface area contributed by atoms with Crippen LogP contribution in [0.25, 0.3) is 11.1 Å². The Morgan fingerprint density at radius 1 is 0.879 bits per heavy atom. The predicted molar refractivity (Wildman–Crippen MR) is 127 cm³/mol. The Kier molecular flexibility index (Phi) is 6.84. The van der Waals surface area contributed by atoms with Crippen molar-refractivity contribution in [3.63, 3.8) is 0 Å². The van der Waals surface area contributed by atoms with Crippen LogP contribution < -0.4 is 14.2 Å². The van der Waals surface area contributed by atoms with Gasteiger partial charge in [0, 0.05) is 18.2 Å². The molecule has 3 aromatic rings. The van der Waals surface area contributed by atoms with Crippen molar-refractivity contribution in [3.05, 3.63) is 77.9 Å². The molecular formula is C27H29NO5. The third-order valence-electron chi connectivity index (χ3n) is 6.27. The molecule has 1 aliphatic rings. The molecule has 172 valence electrons. The minimum atomic E-state index is -0.808. The van der Waals surface area contributed by atoms with Crippen LogP contribution in [0.4, 0.5) is 0 Å². The number of likely N-dealkylation sites (tertiary alicyclic amines) is 1. The number of aliphatic carboxylic acids is 1. The van der Waals surface area contributed by atoms with Crippen molar-refractivity contribution in [2.45, 2.75) is 24.9 Å². The van der Waals surface area contributed by atoms with Crippen LogP contribution in [-0.4, -0.2) is 49.9 Å². The number of hydrogen-bond donors (Lipinski definition) is 1. The lowest BCUT2D eigenvalue weighted by Gasteiger charge is -2.33. The third-order valence-corrected chi connectivity index (χ3v) is 6.27. The molecule has 0 radical (unpaired) electrons. The molecule has 0 saturated carbocycles. The highest BCUT2D eigenvalue weighted by Crippen LogP contribution is 2.44. The summed E-state index contributed by atoms with van der Waals surface area (Å²) in [6.07, 6.45) is 1.44. The lowest BCUT2D eigenvalue weighted by atomic mass is 9.93. The zero-order valence-electron chi connectivity index (χ0n) is 19.2. The zero-order valence-corrected chi connectivity index (χ0v) is 19.2. The molecule has 3 aromatic carbocycles. The average Bonchev–Trinajstić information content (AvgIpc) is 3.34. The molecule has 1 fully saturated rings. The van der Waals surface area contributed by atoms with Crippen LogP contribution in [0, 0.1) is 0 Å². The number of rotatable bonds is 8. The minimum Gasteiger partial charge on any atom is -0.496 e. The topological polar surface area (TPSA) is 68.2 Å². The van der Waals surface area contributed by atoms with Gasteiger partial charge in [0.2, 0.25) is 0 Å². The van der Waals surface area contributed by atoms with E-state index in [9.17, 15) is 9.90 Å². The number of carboxylic acid groups (broad SMARTS) is 1. The SMILES string of the molecule is COc1cc(OC)c(C(c2ccc(-c3ccccc3)cc2)N2CCCC2C(=O)O)cc1OC. The van der Waals surface area contributed by atoms with Crippen LogP contribution in [0.1, 0.15) is 30.0 Å². The summed E-state index contributed by atoms with van der Waals surface area (Å²) < 4.78 is 16.7. The molecule has 2 atom stereocenters. The Labute approximate surface area is 194 Å². The first-order valence-corrected chi connectivity index (χ1v) is 11.0. The molecule has 6 nitrogen and oxygen atoms in total. The standard InChI is InChI=1S/C27H29NO5/c1-31-23-17-25(33-3)24(32-2)16-21(23)26(28-15-7-10-22(28)27(29)30)20-13-11-19(12-14-20)18-8-5-4-6-9-18/h4-6,8-9,11-14,16-17,22,26H,7,10,15H2,1-3H3,(H,29,30). The van der Waals surface area contributed by atoms with Crippen LogP contribution in [0.5, 0.6) is 17.2 Å². The summed E-state index contributed by atoms with van der Waals surface area (Å²) in [6, 6.07) is 21.3. The van der Waals surface area contributed by atoms with Gasteiger partial charge in [0.15, 0.2) is 11.5 Å². The Morgan fingerprint density at radius 3 is 2.09 bits per heavy atom. The molecule has 1 aliphatic heterocycles. The third kappa shape index (κ3) is 4.52. The van der Waals surface area contributed by atoms with E-state index in [4.69, 9.17) is 14.2 Å². The first kappa shape index (κ1) is 22.7. The van der Waals surface area contributed by atoms with Crippen LogP contribution in [0.2, 0.25) is 0 Å². The minimum absolute atomic E-state index is 0.312. The Bertz CT molecular complexity index is 1100. The monoisotopic (exact) mass is 447 g/mol. The number of nitrogens with zero attached hydrogens (tertiary/aromatic N) is 1. The van der Waals surface area contributed by atoms with E-state index >= 15 is 0 Å². The first-order chi connectivity index (χ1) is 16.1. The van der Waals surface area contributed by atoms with Gasteiger partial charge in [0.25, 0.3) is 0 Å². The Hall–Kier alpha value is -3.51. The van der Waals surface area contributed by atoms with Gasteiger partial charge in [0.1, 0.15) is 11.8 Å². The van der Waals surface area contributed by atoms with Gasteiger partial charge in [-0.25, -0.2) is 0 Å². The Morgan fingerprint density at radius 2 is 1.48 bits per heavy atom. The zero-order chi connectivity index (χ0) is 23.4. The van der Waals surface area contributed by atoms with Crippen molar-refractivity contribution in [3.8, 4) is 28.4 Å². The van der Waals surface area contributed by atoms with Crippen molar-refractivity contribution in [1.29, 1.82) is 0 Å². The molecule has 1 saturated heterocycles. The van der Waals surface area contributed by atoms with Crippen LogP contribution in [-0.2, 0) is 4.79 Å². The normalized spacial score (nSPS) is 16.9. The van der Waals surface area contributed by atoms with E-state index in [0.717, 1.165) is 28.7 Å². The van der Waals surface area contributed by atoms with E-state index < -0.39 is 12.0 Å². The van der Waals surface area contributed by atoms with E-state index in [-0.39, 0.29) is 6.04 Å². The second-order valence-corrected chi connectivity index (χ2v) is 8.07. The fourth-order valence-corrected chi connectivity index (χ4v) is 4.67. The second kappa shape index (κ2) is 9.96. The molecule has 0 spiro atoms. The highest BCUT2D eigenvalue weighted by molar-refractivity contribution is 5.74. The largest absolute Gasteiger partial charge is 0.496 e. The maximum Gasteiger partial charge on any atom is 0.320 e. The van der Waals surface area contributed by atoms with Crippen LogP contribution >= 0.6 is 0 Å². The highest BCUT2D eigenvalue weighted by Gasteiger charge is 2.38. The summed E-state index contributed by atoms with van der Waals surface area (Å²) in [5, 5.41) is 9.91. The van der Waals surface area contributed by atoms with E-state index in [1.54, 1.807) is 27.4 Å². The maximum atomic E-state index is 12.1. The number of hydrogen-bond acceptors (Lipinski definition) is 5. The molecular weight excluding hydrogens is 418 g/mol. The smallest absolute Gasteiger partial charge is 0.320 e.